The summed E-state index contributed by atoms with van der Waals surface area (Å²) in [6.45, 7) is 5.77. The summed E-state index contributed by atoms with van der Waals surface area (Å²) in [7, 11) is -3.03. The quantitative estimate of drug-likeness (QED) is 0.815. The lowest BCUT2D eigenvalue weighted by atomic mass is 10.0. The van der Waals surface area contributed by atoms with E-state index >= 15 is 0 Å². The molecule has 0 amide bonds. The zero-order valence-electron chi connectivity index (χ0n) is 12.1. The summed E-state index contributed by atoms with van der Waals surface area (Å²) in [5, 5.41) is 20.3. The van der Waals surface area contributed by atoms with Gasteiger partial charge in [-0.2, -0.15) is 10.4 Å². The Balaban J connectivity index is 2.94. The molecule has 1 aromatic heterocycles. The fourth-order valence-electron chi connectivity index (χ4n) is 1.89. The third kappa shape index (κ3) is 3.90. The molecule has 0 radical (unpaired) electrons. The van der Waals surface area contributed by atoms with Gasteiger partial charge in [0.15, 0.2) is 15.7 Å². The zero-order valence-corrected chi connectivity index (χ0v) is 12.9. The van der Waals surface area contributed by atoms with Crippen molar-refractivity contribution in [2.24, 2.45) is 0 Å². The SMILES string of the molecule is CCc1nnc(NCCS(=O)(=O)CC)c(C#N)c1CC. The van der Waals surface area contributed by atoms with Crippen molar-refractivity contribution in [1.82, 2.24) is 10.2 Å². The highest BCUT2D eigenvalue weighted by Gasteiger charge is 2.14. The van der Waals surface area contributed by atoms with Crippen LogP contribution >= 0.6 is 0 Å². The van der Waals surface area contributed by atoms with Crippen molar-refractivity contribution in [3.63, 3.8) is 0 Å². The topological polar surface area (TPSA) is 95.7 Å². The van der Waals surface area contributed by atoms with Crippen LogP contribution in [0.5, 0.6) is 0 Å². The number of hydrogen-bond acceptors (Lipinski definition) is 6. The van der Waals surface area contributed by atoms with E-state index in [1.54, 1.807) is 6.92 Å². The number of nitrogens with zero attached hydrogens (tertiary/aromatic N) is 3. The van der Waals surface area contributed by atoms with Crippen LogP contribution in [0.2, 0.25) is 0 Å². The van der Waals surface area contributed by atoms with Gasteiger partial charge in [0.1, 0.15) is 11.6 Å². The van der Waals surface area contributed by atoms with Crippen LogP contribution in [0, 0.1) is 11.3 Å². The number of anilines is 1. The Morgan fingerprint density at radius 3 is 2.40 bits per heavy atom. The van der Waals surface area contributed by atoms with Gasteiger partial charge in [-0.25, -0.2) is 8.42 Å². The van der Waals surface area contributed by atoms with Crippen molar-refractivity contribution in [2.75, 3.05) is 23.4 Å². The molecule has 0 bridgehead atoms. The number of aryl methyl sites for hydroxylation is 1. The predicted octanol–water partition coefficient (Wildman–Crippen LogP) is 1.32. The molecule has 1 heterocycles. The van der Waals surface area contributed by atoms with E-state index in [1.165, 1.54) is 0 Å². The molecule has 1 aromatic rings. The lowest BCUT2D eigenvalue weighted by Gasteiger charge is -2.11. The van der Waals surface area contributed by atoms with Crippen molar-refractivity contribution >= 4 is 15.7 Å². The van der Waals surface area contributed by atoms with E-state index in [1.807, 2.05) is 13.8 Å². The van der Waals surface area contributed by atoms with Gasteiger partial charge in [-0.3, -0.25) is 0 Å². The van der Waals surface area contributed by atoms with Crippen LogP contribution in [0.1, 0.15) is 37.6 Å². The summed E-state index contributed by atoms with van der Waals surface area (Å²) >= 11 is 0. The second-order valence-corrected chi connectivity index (χ2v) is 6.80. The fraction of sp³-hybridized carbons (Fsp3) is 0.615. The Morgan fingerprint density at radius 1 is 1.20 bits per heavy atom. The first-order valence-electron chi connectivity index (χ1n) is 6.71. The van der Waals surface area contributed by atoms with Gasteiger partial charge in [0.25, 0.3) is 0 Å². The third-order valence-electron chi connectivity index (χ3n) is 3.10. The molecule has 0 aliphatic heterocycles. The Hall–Kier alpha value is -1.68. The number of hydrogen-bond donors (Lipinski definition) is 1. The fourth-order valence-corrected chi connectivity index (χ4v) is 2.59. The van der Waals surface area contributed by atoms with E-state index in [0.29, 0.717) is 17.8 Å². The van der Waals surface area contributed by atoms with Crippen molar-refractivity contribution in [1.29, 1.82) is 5.26 Å². The minimum absolute atomic E-state index is 0.0209. The summed E-state index contributed by atoms with van der Waals surface area (Å²) in [6.07, 6.45) is 1.42. The first-order chi connectivity index (χ1) is 9.49. The highest BCUT2D eigenvalue weighted by Crippen LogP contribution is 2.19. The van der Waals surface area contributed by atoms with Crippen molar-refractivity contribution in [3.05, 3.63) is 16.8 Å². The molecule has 110 valence electrons. The van der Waals surface area contributed by atoms with Crippen LogP contribution in [0.4, 0.5) is 5.82 Å². The maximum absolute atomic E-state index is 11.4. The van der Waals surface area contributed by atoms with Crippen LogP contribution < -0.4 is 5.32 Å². The van der Waals surface area contributed by atoms with E-state index < -0.39 is 9.84 Å². The average molecular weight is 296 g/mol. The standard InChI is InChI=1S/C13H20N4O2S/c1-4-10-11(9-14)13(17-16-12(10)5-2)15-7-8-20(18,19)6-3/h4-8H2,1-3H3,(H,15,17). The first-order valence-corrected chi connectivity index (χ1v) is 8.53. The monoisotopic (exact) mass is 296 g/mol. The number of nitrogens with one attached hydrogen (secondary N) is 1. The summed E-state index contributed by atoms with van der Waals surface area (Å²) in [5.74, 6) is 0.501. The van der Waals surface area contributed by atoms with Gasteiger partial charge in [-0.1, -0.05) is 20.8 Å². The molecule has 0 atom stereocenters. The Bertz CT molecular complexity index is 606. The van der Waals surface area contributed by atoms with E-state index in [4.69, 9.17) is 0 Å². The zero-order chi connectivity index (χ0) is 15.2. The molecule has 6 nitrogen and oxygen atoms in total. The second-order valence-electron chi connectivity index (χ2n) is 4.33. The number of sulfone groups is 1. The van der Waals surface area contributed by atoms with Gasteiger partial charge in [0.05, 0.1) is 11.4 Å². The summed E-state index contributed by atoms with van der Waals surface area (Å²) < 4.78 is 22.9. The molecular weight excluding hydrogens is 276 g/mol. The van der Waals surface area contributed by atoms with E-state index in [-0.39, 0.29) is 18.1 Å². The smallest absolute Gasteiger partial charge is 0.166 e. The van der Waals surface area contributed by atoms with Crippen LogP contribution in [0.25, 0.3) is 0 Å². The molecule has 0 unspecified atom stereocenters. The Morgan fingerprint density at radius 2 is 1.90 bits per heavy atom. The molecule has 0 aromatic carbocycles. The van der Waals surface area contributed by atoms with Gasteiger partial charge < -0.3 is 5.32 Å². The summed E-state index contributed by atoms with van der Waals surface area (Å²) in [5.41, 5.74) is 2.16. The molecule has 7 heteroatoms. The van der Waals surface area contributed by atoms with Crippen molar-refractivity contribution in [2.45, 2.75) is 33.6 Å². The first kappa shape index (κ1) is 16.4. The van der Waals surface area contributed by atoms with E-state index in [2.05, 4.69) is 21.6 Å². The lowest BCUT2D eigenvalue weighted by molar-refractivity contribution is 0.597. The molecular formula is C13H20N4O2S. The van der Waals surface area contributed by atoms with Crippen molar-refractivity contribution in [3.8, 4) is 6.07 Å². The van der Waals surface area contributed by atoms with Crippen LogP contribution in [0.15, 0.2) is 0 Å². The minimum atomic E-state index is -3.03. The van der Waals surface area contributed by atoms with E-state index in [9.17, 15) is 13.7 Å². The minimum Gasteiger partial charge on any atom is -0.366 e. The largest absolute Gasteiger partial charge is 0.366 e. The van der Waals surface area contributed by atoms with Crippen molar-refractivity contribution < 1.29 is 8.42 Å². The maximum atomic E-state index is 11.4. The molecule has 0 saturated carbocycles. The molecule has 0 aliphatic rings. The Kier molecular flexibility index (Phi) is 5.89. The average Bonchev–Trinajstić information content (AvgIpc) is 2.46. The van der Waals surface area contributed by atoms with Gasteiger partial charge in [-0.15, -0.1) is 5.10 Å². The number of rotatable bonds is 7. The van der Waals surface area contributed by atoms with Gasteiger partial charge in [0, 0.05) is 12.3 Å². The summed E-state index contributed by atoms with van der Waals surface area (Å²) in [4.78, 5) is 0. The number of nitriles is 1. The van der Waals surface area contributed by atoms with Gasteiger partial charge >= 0.3 is 0 Å². The highest BCUT2D eigenvalue weighted by molar-refractivity contribution is 7.91. The molecule has 1 N–H and O–H groups in total. The lowest BCUT2D eigenvalue weighted by Crippen LogP contribution is -2.19. The van der Waals surface area contributed by atoms with E-state index in [0.717, 1.165) is 17.7 Å². The van der Waals surface area contributed by atoms with Crippen LogP contribution in [-0.4, -0.2) is 36.7 Å². The second kappa shape index (κ2) is 7.20. The molecule has 0 fully saturated rings. The van der Waals surface area contributed by atoms with Gasteiger partial charge in [0.2, 0.25) is 0 Å². The highest BCUT2D eigenvalue weighted by atomic mass is 32.2. The summed E-state index contributed by atoms with van der Waals surface area (Å²) in [6, 6.07) is 2.14. The molecule has 20 heavy (non-hydrogen) atoms. The maximum Gasteiger partial charge on any atom is 0.166 e. The normalized spacial score (nSPS) is 11.1. The molecule has 0 aliphatic carbocycles. The third-order valence-corrected chi connectivity index (χ3v) is 4.81. The number of aromatic nitrogens is 2. The van der Waals surface area contributed by atoms with Crippen LogP contribution in [-0.2, 0) is 22.7 Å². The predicted molar refractivity (Wildman–Crippen MR) is 78.3 cm³/mol. The molecule has 1 rings (SSSR count). The van der Waals surface area contributed by atoms with Gasteiger partial charge in [-0.05, 0) is 18.4 Å². The molecule has 0 spiro atoms. The molecule has 0 saturated heterocycles. The Labute approximate surface area is 120 Å². The van der Waals surface area contributed by atoms with Crippen LogP contribution in [0.3, 0.4) is 0 Å².